The summed E-state index contributed by atoms with van der Waals surface area (Å²) in [6, 6.07) is 19.8. The molecule has 2 amide bonds. The number of aryl methyl sites for hydroxylation is 1. The van der Waals surface area contributed by atoms with E-state index in [-0.39, 0.29) is 11.4 Å². The zero-order chi connectivity index (χ0) is 24.6. The Morgan fingerprint density at radius 3 is 2.51 bits per heavy atom. The van der Waals surface area contributed by atoms with Gasteiger partial charge in [0.05, 0.1) is 18.5 Å². The lowest BCUT2D eigenvalue weighted by Gasteiger charge is -2.25. The minimum atomic E-state index is -1.50. The number of benzene rings is 3. The number of ether oxygens (including phenoxy) is 1. The van der Waals surface area contributed by atoms with Crippen molar-refractivity contribution >= 4 is 23.1 Å². The van der Waals surface area contributed by atoms with Crippen molar-refractivity contribution in [1.29, 1.82) is 0 Å². The molecule has 0 aromatic heterocycles. The van der Waals surface area contributed by atoms with Gasteiger partial charge in [-0.15, -0.1) is 5.14 Å². The Morgan fingerprint density at radius 2 is 1.86 bits per heavy atom. The van der Waals surface area contributed by atoms with Crippen LogP contribution in [0.2, 0.25) is 0 Å². The predicted octanol–water partition coefficient (Wildman–Crippen LogP) is 5.19. The van der Waals surface area contributed by atoms with Gasteiger partial charge in [-0.3, -0.25) is 4.90 Å². The van der Waals surface area contributed by atoms with Gasteiger partial charge < -0.3 is 14.6 Å². The first-order valence-electron chi connectivity index (χ1n) is 12.0. The van der Waals surface area contributed by atoms with Gasteiger partial charge in [0, 0.05) is 24.2 Å². The molecule has 182 valence electrons. The van der Waals surface area contributed by atoms with Crippen molar-refractivity contribution in [2.45, 2.75) is 49.5 Å². The molecular weight excluding hydrogens is 458 g/mol. The minimum Gasteiger partial charge on any atom is -0.593 e. The Bertz CT molecular complexity index is 1240. The Kier molecular flexibility index (Phi) is 6.49. The van der Waals surface area contributed by atoms with Crippen LogP contribution in [0.3, 0.4) is 0 Å². The second-order valence-corrected chi connectivity index (χ2v) is 10.7. The summed E-state index contributed by atoms with van der Waals surface area (Å²) in [5.41, 5.74) is 6.78. The van der Waals surface area contributed by atoms with Gasteiger partial charge in [-0.05, 0) is 84.0 Å². The van der Waals surface area contributed by atoms with Gasteiger partial charge in [-0.1, -0.05) is 37.1 Å². The average Bonchev–Trinajstić information content (AvgIpc) is 3.48. The highest BCUT2D eigenvalue weighted by atomic mass is 32.2. The lowest BCUT2D eigenvalue weighted by molar-refractivity contribution is 0.245. The standard InChI is InChI=1S/C28H31N3O3S/c1-19-15-22(34-2)8-11-24(19)21-7-12-26-25(16-21)28(13-3-4-14-28)18-31(26)27(32)30-17-20-5-9-23(10-6-20)35(29)33/h5-12,15-16H,3-4,13-14,17-18,29H2,1-2H3,(H,30,32). The van der Waals surface area contributed by atoms with Crippen LogP contribution in [0.1, 0.15) is 42.4 Å². The van der Waals surface area contributed by atoms with E-state index in [0.717, 1.165) is 29.8 Å². The van der Waals surface area contributed by atoms with Crippen molar-refractivity contribution in [3.05, 3.63) is 77.4 Å². The van der Waals surface area contributed by atoms with Crippen LogP contribution < -0.4 is 20.1 Å². The van der Waals surface area contributed by atoms with Crippen molar-refractivity contribution < 1.29 is 14.1 Å². The summed E-state index contributed by atoms with van der Waals surface area (Å²) >= 11 is -1.50. The fourth-order valence-corrected chi connectivity index (χ4v) is 6.00. The zero-order valence-electron chi connectivity index (χ0n) is 20.2. The molecule has 3 N–H and O–H groups in total. The molecule has 0 bridgehead atoms. The molecule has 1 aliphatic heterocycles. The normalized spacial score (nSPS) is 16.9. The summed E-state index contributed by atoms with van der Waals surface area (Å²) in [7, 11) is 1.69. The molecule has 1 heterocycles. The molecular formula is C28H31N3O3S. The molecule has 5 rings (SSSR count). The molecule has 0 radical (unpaired) electrons. The van der Waals surface area contributed by atoms with E-state index in [0.29, 0.717) is 18.0 Å². The van der Waals surface area contributed by atoms with Gasteiger partial charge in [-0.25, -0.2) is 4.79 Å². The molecule has 1 unspecified atom stereocenters. The van der Waals surface area contributed by atoms with E-state index < -0.39 is 11.4 Å². The van der Waals surface area contributed by atoms with E-state index in [1.165, 1.54) is 35.1 Å². The summed E-state index contributed by atoms with van der Waals surface area (Å²) in [6.07, 6.45) is 4.59. The summed E-state index contributed by atoms with van der Waals surface area (Å²) in [5, 5.41) is 8.50. The number of fused-ring (bicyclic) bond motifs is 2. The second-order valence-electron chi connectivity index (χ2n) is 9.59. The molecule has 1 aliphatic carbocycles. The first-order valence-corrected chi connectivity index (χ1v) is 13.2. The minimum absolute atomic E-state index is 0.0237. The largest absolute Gasteiger partial charge is 0.593 e. The van der Waals surface area contributed by atoms with Crippen molar-refractivity contribution in [3.8, 4) is 16.9 Å². The van der Waals surface area contributed by atoms with Crippen LogP contribution in [0.25, 0.3) is 11.1 Å². The number of rotatable bonds is 5. The van der Waals surface area contributed by atoms with Crippen LogP contribution in [-0.2, 0) is 23.3 Å². The number of anilines is 1. The van der Waals surface area contributed by atoms with Crippen LogP contribution in [0.4, 0.5) is 10.5 Å². The summed E-state index contributed by atoms with van der Waals surface area (Å²) in [6.45, 7) is 3.22. The van der Waals surface area contributed by atoms with Crippen molar-refractivity contribution in [2.24, 2.45) is 5.14 Å². The summed E-state index contributed by atoms with van der Waals surface area (Å²) in [4.78, 5) is 15.8. The van der Waals surface area contributed by atoms with Crippen molar-refractivity contribution in [2.75, 3.05) is 18.6 Å². The van der Waals surface area contributed by atoms with Crippen LogP contribution >= 0.6 is 0 Å². The Labute approximate surface area is 209 Å². The molecule has 3 aromatic rings. The van der Waals surface area contributed by atoms with Crippen LogP contribution in [-0.4, -0.2) is 24.2 Å². The number of urea groups is 1. The maximum atomic E-state index is 13.3. The van der Waals surface area contributed by atoms with Crippen molar-refractivity contribution in [3.63, 3.8) is 0 Å². The molecule has 1 atom stereocenters. The molecule has 35 heavy (non-hydrogen) atoms. The predicted molar refractivity (Wildman–Crippen MR) is 140 cm³/mol. The van der Waals surface area contributed by atoms with E-state index in [2.05, 4.69) is 42.6 Å². The Hall–Kier alpha value is -3.00. The molecule has 1 fully saturated rings. The maximum absolute atomic E-state index is 13.3. The molecule has 3 aromatic carbocycles. The van der Waals surface area contributed by atoms with Gasteiger partial charge in [-0.2, -0.15) is 0 Å². The van der Waals surface area contributed by atoms with Gasteiger partial charge in [0.15, 0.2) is 4.90 Å². The SMILES string of the molecule is COc1ccc(-c2ccc3c(c2)C2(CCCC2)CN3C(=O)NCc2ccc([S+](N)[O-])cc2)c(C)c1. The van der Waals surface area contributed by atoms with Crippen molar-refractivity contribution in [1.82, 2.24) is 5.32 Å². The molecule has 2 aliphatic rings. The Morgan fingerprint density at radius 1 is 1.11 bits per heavy atom. The smallest absolute Gasteiger partial charge is 0.322 e. The van der Waals surface area contributed by atoms with Gasteiger partial charge in [0.2, 0.25) is 0 Å². The maximum Gasteiger partial charge on any atom is 0.322 e. The van der Waals surface area contributed by atoms with Crippen LogP contribution in [0.15, 0.2) is 65.6 Å². The van der Waals surface area contributed by atoms with Gasteiger partial charge in [0.1, 0.15) is 5.75 Å². The first-order chi connectivity index (χ1) is 16.9. The molecule has 6 nitrogen and oxygen atoms in total. The zero-order valence-corrected chi connectivity index (χ0v) is 21.0. The lowest BCUT2D eigenvalue weighted by atomic mass is 9.79. The van der Waals surface area contributed by atoms with E-state index in [4.69, 9.17) is 9.88 Å². The average molecular weight is 490 g/mol. The Balaban J connectivity index is 1.40. The van der Waals surface area contributed by atoms with Crippen LogP contribution in [0, 0.1) is 6.92 Å². The monoisotopic (exact) mass is 489 g/mol. The number of nitrogens with one attached hydrogen (secondary N) is 1. The van der Waals surface area contributed by atoms with E-state index in [1.54, 1.807) is 19.2 Å². The fraction of sp³-hybridized carbons (Fsp3) is 0.321. The highest BCUT2D eigenvalue weighted by Crippen LogP contribution is 2.51. The first kappa shape index (κ1) is 23.7. The number of hydrogen-bond acceptors (Lipinski definition) is 4. The third kappa shape index (κ3) is 4.51. The number of nitrogens with zero attached hydrogens (tertiary/aromatic N) is 1. The number of hydrogen-bond donors (Lipinski definition) is 2. The van der Waals surface area contributed by atoms with Gasteiger partial charge >= 0.3 is 6.03 Å². The lowest BCUT2D eigenvalue weighted by Crippen LogP contribution is -2.41. The third-order valence-corrected chi connectivity index (χ3v) is 8.21. The molecule has 1 saturated carbocycles. The number of nitrogens with two attached hydrogens (primary N) is 1. The molecule has 0 saturated heterocycles. The highest BCUT2D eigenvalue weighted by molar-refractivity contribution is 7.89. The van der Waals surface area contributed by atoms with E-state index in [9.17, 15) is 9.35 Å². The second kappa shape index (κ2) is 9.57. The summed E-state index contributed by atoms with van der Waals surface area (Å²) in [5.74, 6) is 0.855. The number of methoxy groups -OCH3 is 1. The third-order valence-electron chi connectivity index (χ3n) is 7.47. The topological polar surface area (TPSA) is 90.7 Å². The van der Waals surface area contributed by atoms with E-state index >= 15 is 0 Å². The number of amides is 2. The summed E-state index contributed by atoms with van der Waals surface area (Å²) < 4.78 is 16.8. The fourth-order valence-electron chi connectivity index (χ4n) is 5.60. The number of carbonyl (C=O) groups is 1. The number of carbonyl (C=O) groups excluding carboxylic acids is 1. The van der Waals surface area contributed by atoms with E-state index in [1.807, 2.05) is 23.1 Å². The quantitative estimate of drug-likeness (QED) is 0.483. The van der Waals surface area contributed by atoms with Gasteiger partial charge in [0.25, 0.3) is 0 Å². The highest BCUT2D eigenvalue weighted by Gasteiger charge is 2.46. The molecule has 1 spiro atoms. The van der Waals surface area contributed by atoms with Crippen LogP contribution in [0.5, 0.6) is 5.75 Å². The molecule has 7 heteroatoms.